The standard InChI is InChI=1S/C23H25ClN4O2S/c1-30-20-8-5-16(6-9-20)7-10-21-26-27-23(31-21)25-22(29)17-11-13-28(14-12-17)19-4-2-3-18(24)15-19/h2-6,8-9,15,17H,7,10-14H2,1H3,(H,25,27,29). The van der Waals surface area contributed by atoms with Crippen molar-refractivity contribution in [3.8, 4) is 5.75 Å². The van der Waals surface area contributed by atoms with Gasteiger partial charge in [-0.05, 0) is 55.2 Å². The van der Waals surface area contributed by atoms with E-state index < -0.39 is 0 Å². The first-order chi connectivity index (χ1) is 15.1. The number of aromatic nitrogens is 2. The molecular weight excluding hydrogens is 432 g/mol. The molecule has 162 valence electrons. The second kappa shape index (κ2) is 10.1. The summed E-state index contributed by atoms with van der Waals surface area (Å²) in [6.07, 6.45) is 3.27. The lowest BCUT2D eigenvalue weighted by Crippen LogP contribution is -2.38. The molecule has 1 saturated heterocycles. The highest BCUT2D eigenvalue weighted by Gasteiger charge is 2.26. The van der Waals surface area contributed by atoms with Gasteiger partial charge in [0.05, 0.1) is 7.11 Å². The van der Waals surface area contributed by atoms with Crippen LogP contribution in [0.5, 0.6) is 5.75 Å². The second-order valence-electron chi connectivity index (χ2n) is 7.58. The first kappa shape index (κ1) is 21.6. The Morgan fingerprint density at radius 2 is 1.94 bits per heavy atom. The van der Waals surface area contributed by atoms with Crippen LogP contribution in [0.15, 0.2) is 48.5 Å². The van der Waals surface area contributed by atoms with E-state index in [1.54, 1.807) is 7.11 Å². The molecule has 1 aromatic heterocycles. The van der Waals surface area contributed by atoms with Gasteiger partial charge in [0.2, 0.25) is 11.0 Å². The summed E-state index contributed by atoms with van der Waals surface area (Å²) in [6, 6.07) is 15.9. The van der Waals surface area contributed by atoms with Crippen LogP contribution in [0.3, 0.4) is 0 Å². The van der Waals surface area contributed by atoms with E-state index in [0.717, 1.165) is 60.2 Å². The number of nitrogens with zero attached hydrogens (tertiary/aromatic N) is 3. The molecule has 2 heterocycles. The Balaban J connectivity index is 1.25. The highest BCUT2D eigenvalue weighted by Crippen LogP contribution is 2.27. The Morgan fingerprint density at radius 1 is 1.16 bits per heavy atom. The number of carbonyl (C=O) groups excluding carboxylic acids is 1. The molecular formula is C23H25ClN4O2S. The maximum absolute atomic E-state index is 12.7. The molecule has 6 nitrogen and oxygen atoms in total. The van der Waals surface area contributed by atoms with Gasteiger partial charge in [0.15, 0.2) is 0 Å². The second-order valence-corrected chi connectivity index (χ2v) is 9.08. The number of methoxy groups -OCH3 is 1. The Bertz CT molecular complexity index is 1020. The predicted octanol–water partition coefficient (Wildman–Crippen LogP) is 4.84. The molecule has 1 aliphatic heterocycles. The van der Waals surface area contributed by atoms with Crippen LogP contribution in [0.25, 0.3) is 0 Å². The van der Waals surface area contributed by atoms with E-state index in [0.29, 0.717) is 5.13 Å². The molecule has 31 heavy (non-hydrogen) atoms. The average molecular weight is 457 g/mol. The first-order valence-electron chi connectivity index (χ1n) is 10.4. The summed E-state index contributed by atoms with van der Waals surface area (Å²) in [5.74, 6) is 0.869. The minimum Gasteiger partial charge on any atom is -0.497 e. The van der Waals surface area contributed by atoms with E-state index in [9.17, 15) is 4.79 Å². The zero-order chi connectivity index (χ0) is 21.6. The van der Waals surface area contributed by atoms with Crippen molar-refractivity contribution in [1.82, 2.24) is 10.2 Å². The lowest BCUT2D eigenvalue weighted by Gasteiger charge is -2.32. The number of amides is 1. The van der Waals surface area contributed by atoms with Crippen LogP contribution < -0.4 is 15.0 Å². The van der Waals surface area contributed by atoms with Crippen LogP contribution in [0.2, 0.25) is 5.02 Å². The van der Waals surface area contributed by atoms with E-state index >= 15 is 0 Å². The largest absolute Gasteiger partial charge is 0.497 e. The molecule has 4 rings (SSSR count). The number of aryl methyl sites for hydroxylation is 2. The third-order valence-corrected chi connectivity index (χ3v) is 6.66. The van der Waals surface area contributed by atoms with Crippen LogP contribution in [0, 0.1) is 5.92 Å². The monoisotopic (exact) mass is 456 g/mol. The predicted molar refractivity (Wildman–Crippen MR) is 125 cm³/mol. The van der Waals surface area contributed by atoms with Crippen molar-refractivity contribution < 1.29 is 9.53 Å². The molecule has 1 aliphatic rings. The maximum Gasteiger partial charge on any atom is 0.229 e. The molecule has 0 unspecified atom stereocenters. The lowest BCUT2D eigenvalue weighted by atomic mass is 9.95. The fourth-order valence-electron chi connectivity index (χ4n) is 3.73. The van der Waals surface area contributed by atoms with E-state index in [1.165, 1.54) is 16.9 Å². The van der Waals surface area contributed by atoms with Crippen LogP contribution in [-0.4, -0.2) is 36.3 Å². The number of nitrogens with one attached hydrogen (secondary N) is 1. The van der Waals surface area contributed by atoms with Gasteiger partial charge in [0.25, 0.3) is 0 Å². The minimum absolute atomic E-state index is 0.0120. The maximum atomic E-state index is 12.7. The molecule has 1 N–H and O–H groups in total. The van der Waals surface area contributed by atoms with Gasteiger partial charge in [-0.15, -0.1) is 10.2 Å². The number of benzene rings is 2. The zero-order valence-corrected chi connectivity index (χ0v) is 19.0. The van der Waals surface area contributed by atoms with Crippen molar-refractivity contribution in [1.29, 1.82) is 0 Å². The summed E-state index contributed by atoms with van der Waals surface area (Å²) in [7, 11) is 1.66. The number of hydrogen-bond acceptors (Lipinski definition) is 6. The fraction of sp³-hybridized carbons (Fsp3) is 0.348. The van der Waals surface area contributed by atoms with Crippen LogP contribution in [0.1, 0.15) is 23.4 Å². The molecule has 0 spiro atoms. The van der Waals surface area contributed by atoms with Crippen molar-refractivity contribution >= 4 is 39.7 Å². The Kier molecular flexibility index (Phi) is 7.04. The van der Waals surface area contributed by atoms with Crippen LogP contribution in [0.4, 0.5) is 10.8 Å². The van der Waals surface area contributed by atoms with Gasteiger partial charge in [0, 0.05) is 36.1 Å². The van der Waals surface area contributed by atoms with Gasteiger partial charge in [-0.3, -0.25) is 4.79 Å². The molecule has 2 aromatic carbocycles. The van der Waals surface area contributed by atoms with Gasteiger partial charge in [-0.25, -0.2) is 0 Å². The molecule has 3 aromatic rings. The quantitative estimate of drug-likeness (QED) is 0.551. The number of ether oxygens (including phenoxy) is 1. The Morgan fingerprint density at radius 3 is 2.65 bits per heavy atom. The average Bonchev–Trinajstić information content (AvgIpc) is 3.25. The van der Waals surface area contributed by atoms with Gasteiger partial charge in [-0.2, -0.15) is 0 Å². The van der Waals surface area contributed by atoms with Gasteiger partial charge in [-0.1, -0.05) is 41.1 Å². The number of anilines is 2. The Hall–Kier alpha value is -2.64. The molecule has 0 atom stereocenters. The molecule has 1 fully saturated rings. The summed E-state index contributed by atoms with van der Waals surface area (Å²) in [4.78, 5) is 15.0. The third kappa shape index (κ3) is 5.74. The molecule has 0 saturated carbocycles. The van der Waals surface area contributed by atoms with E-state index in [-0.39, 0.29) is 11.8 Å². The van der Waals surface area contributed by atoms with Crippen LogP contribution in [-0.2, 0) is 17.6 Å². The lowest BCUT2D eigenvalue weighted by molar-refractivity contribution is -0.120. The molecule has 0 aliphatic carbocycles. The number of carbonyl (C=O) groups is 1. The minimum atomic E-state index is -0.0120. The number of rotatable bonds is 7. The van der Waals surface area contributed by atoms with Crippen molar-refractivity contribution in [2.24, 2.45) is 5.92 Å². The van der Waals surface area contributed by atoms with E-state index in [4.69, 9.17) is 16.3 Å². The van der Waals surface area contributed by atoms with Gasteiger partial charge >= 0.3 is 0 Å². The summed E-state index contributed by atoms with van der Waals surface area (Å²) in [6.45, 7) is 1.67. The number of halogens is 1. The van der Waals surface area contributed by atoms with Gasteiger partial charge < -0.3 is 15.0 Å². The van der Waals surface area contributed by atoms with Crippen molar-refractivity contribution in [3.05, 3.63) is 64.1 Å². The smallest absolute Gasteiger partial charge is 0.229 e. The third-order valence-electron chi connectivity index (χ3n) is 5.52. The summed E-state index contributed by atoms with van der Waals surface area (Å²) in [5.41, 5.74) is 2.32. The first-order valence-corrected chi connectivity index (χ1v) is 11.6. The van der Waals surface area contributed by atoms with E-state index in [2.05, 4.69) is 38.6 Å². The van der Waals surface area contributed by atoms with Gasteiger partial charge in [0.1, 0.15) is 10.8 Å². The highest BCUT2D eigenvalue weighted by molar-refractivity contribution is 7.15. The van der Waals surface area contributed by atoms with Crippen molar-refractivity contribution in [2.45, 2.75) is 25.7 Å². The number of piperidine rings is 1. The molecule has 0 radical (unpaired) electrons. The SMILES string of the molecule is COc1ccc(CCc2nnc(NC(=O)C3CCN(c4cccc(Cl)c4)CC3)s2)cc1. The number of hydrogen-bond donors (Lipinski definition) is 1. The normalized spacial score (nSPS) is 14.5. The van der Waals surface area contributed by atoms with Crippen molar-refractivity contribution in [2.75, 3.05) is 30.4 Å². The topological polar surface area (TPSA) is 67.4 Å². The van der Waals surface area contributed by atoms with E-state index in [1.807, 2.05) is 30.3 Å². The molecule has 8 heteroatoms. The highest BCUT2D eigenvalue weighted by atomic mass is 35.5. The van der Waals surface area contributed by atoms with Crippen LogP contribution >= 0.6 is 22.9 Å². The summed E-state index contributed by atoms with van der Waals surface area (Å²) in [5, 5.41) is 13.6. The molecule has 0 bridgehead atoms. The zero-order valence-electron chi connectivity index (χ0n) is 17.4. The summed E-state index contributed by atoms with van der Waals surface area (Å²) >= 11 is 7.54. The van der Waals surface area contributed by atoms with Crippen molar-refractivity contribution in [3.63, 3.8) is 0 Å². The fourth-order valence-corrected chi connectivity index (χ4v) is 4.66. The summed E-state index contributed by atoms with van der Waals surface area (Å²) < 4.78 is 5.19. The molecule has 1 amide bonds. The Labute approximate surface area is 191 Å².